The van der Waals surface area contributed by atoms with Gasteiger partial charge in [-0.05, 0) is 51.1 Å². The second kappa shape index (κ2) is 8.33. The molecule has 0 radical (unpaired) electrons. The summed E-state index contributed by atoms with van der Waals surface area (Å²) in [6.07, 6.45) is 0. The zero-order valence-electron chi connectivity index (χ0n) is 14.8. The summed E-state index contributed by atoms with van der Waals surface area (Å²) in [6.45, 7) is 7.46. The van der Waals surface area contributed by atoms with E-state index in [2.05, 4.69) is 0 Å². The van der Waals surface area contributed by atoms with Crippen LogP contribution in [0.25, 0.3) is 0 Å². The molecule has 5 heteroatoms. The number of ether oxygens (including phenoxy) is 1. The van der Waals surface area contributed by atoms with Crippen molar-refractivity contribution in [1.29, 1.82) is 0 Å². The first-order valence-electron chi connectivity index (χ1n) is 8.42. The molecule has 132 valence electrons. The molecule has 0 aliphatic heterocycles. The van der Waals surface area contributed by atoms with Crippen molar-refractivity contribution in [1.82, 2.24) is 0 Å². The third kappa shape index (κ3) is 3.99. The number of phenols is 1. The minimum absolute atomic E-state index is 0.0852. The van der Waals surface area contributed by atoms with E-state index < -0.39 is 5.97 Å². The van der Waals surface area contributed by atoms with Crippen LogP contribution in [0.5, 0.6) is 5.75 Å². The van der Waals surface area contributed by atoms with Crippen LogP contribution in [0, 0.1) is 0 Å². The van der Waals surface area contributed by atoms with Crippen molar-refractivity contribution < 1.29 is 19.4 Å². The maximum atomic E-state index is 12.7. The molecule has 0 amide bonds. The van der Waals surface area contributed by atoms with Crippen LogP contribution < -0.4 is 4.90 Å². The topological polar surface area (TPSA) is 66.8 Å². The van der Waals surface area contributed by atoms with Crippen LogP contribution in [0.3, 0.4) is 0 Å². The monoisotopic (exact) mass is 341 g/mol. The molecule has 2 rings (SSSR count). The van der Waals surface area contributed by atoms with Gasteiger partial charge in [0.15, 0.2) is 5.78 Å². The van der Waals surface area contributed by atoms with Gasteiger partial charge in [-0.1, -0.05) is 12.1 Å². The van der Waals surface area contributed by atoms with Crippen LogP contribution in [-0.4, -0.2) is 36.6 Å². The normalized spacial score (nSPS) is 10.4. The number of aromatic hydroxyl groups is 1. The Labute approximate surface area is 147 Å². The van der Waals surface area contributed by atoms with Crippen molar-refractivity contribution in [2.45, 2.75) is 20.8 Å². The molecule has 2 aromatic carbocycles. The van der Waals surface area contributed by atoms with Gasteiger partial charge in [0.1, 0.15) is 5.75 Å². The summed E-state index contributed by atoms with van der Waals surface area (Å²) < 4.78 is 5.15. The van der Waals surface area contributed by atoms with Crippen LogP contribution in [0.1, 0.15) is 47.1 Å². The second-order valence-electron chi connectivity index (χ2n) is 5.47. The molecule has 0 spiro atoms. The molecule has 0 aliphatic rings. The highest BCUT2D eigenvalue weighted by Gasteiger charge is 2.20. The molecule has 0 unspecified atom stereocenters. The number of benzene rings is 2. The number of phenolic OH excluding ortho intramolecular Hbond substituents is 1. The van der Waals surface area contributed by atoms with Gasteiger partial charge in [-0.2, -0.15) is 0 Å². The van der Waals surface area contributed by atoms with Crippen molar-refractivity contribution in [3.8, 4) is 5.75 Å². The highest BCUT2D eigenvalue weighted by atomic mass is 16.5. The summed E-state index contributed by atoms with van der Waals surface area (Å²) in [4.78, 5) is 27.1. The number of para-hydroxylation sites is 1. The van der Waals surface area contributed by atoms with Gasteiger partial charge < -0.3 is 14.7 Å². The van der Waals surface area contributed by atoms with E-state index in [9.17, 15) is 14.7 Å². The number of carbonyl (C=O) groups excluding carboxylic acids is 2. The number of hydrogen-bond acceptors (Lipinski definition) is 5. The number of rotatable bonds is 7. The Bertz CT molecular complexity index is 766. The fourth-order valence-electron chi connectivity index (χ4n) is 2.71. The van der Waals surface area contributed by atoms with Gasteiger partial charge in [-0.3, -0.25) is 4.79 Å². The molecular weight excluding hydrogens is 318 g/mol. The zero-order valence-corrected chi connectivity index (χ0v) is 14.8. The maximum Gasteiger partial charge on any atom is 0.340 e. The number of hydrogen-bond donors (Lipinski definition) is 1. The Hall–Kier alpha value is -2.82. The summed E-state index contributed by atoms with van der Waals surface area (Å²) in [5.41, 5.74) is 1.62. The molecule has 0 aromatic heterocycles. The van der Waals surface area contributed by atoms with E-state index in [-0.39, 0.29) is 23.7 Å². The first-order chi connectivity index (χ1) is 12.0. The SMILES string of the molecule is CCOC(=O)c1cc(C(=O)c2ccccc2O)ccc1N(CC)CC. The standard InChI is InChI=1S/C20H23NO4/c1-4-21(5-2)17-12-11-14(13-16(17)20(24)25-6-3)19(23)15-9-7-8-10-18(15)22/h7-13,22H,4-6H2,1-3H3. The molecule has 1 N–H and O–H groups in total. The van der Waals surface area contributed by atoms with Crippen molar-refractivity contribution in [2.75, 3.05) is 24.6 Å². The Morgan fingerprint density at radius 3 is 2.28 bits per heavy atom. The van der Waals surface area contributed by atoms with Crippen molar-refractivity contribution >= 4 is 17.4 Å². The maximum absolute atomic E-state index is 12.7. The molecular formula is C20H23NO4. The molecule has 0 heterocycles. The van der Waals surface area contributed by atoms with Gasteiger partial charge >= 0.3 is 5.97 Å². The van der Waals surface area contributed by atoms with E-state index in [1.807, 2.05) is 18.7 Å². The van der Waals surface area contributed by atoms with Crippen LogP contribution in [0.4, 0.5) is 5.69 Å². The zero-order chi connectivity index (χ0) is 18.4. The lowest BCUT2D eigenvalue weighted by Crippen LogP contribution is -2.25. The van der Waals surface area contributed by atoms with E-state index in [0.717, 1.165) is 18.8 Å². The molecule has 0 bridgehead atoms. The Morgan fingerprint density at radius 1 is 1.00 bits per heavy atom. The van der Waals surface area contributed by atoms with Gasteiger partial charge in [0.25, 0.3) is 0 Å². The van der Waals surface area contributed by atoms with Crippen LogP contribution in [-0.2, 0) is 4.74 Å². The predicted octanol–water partition coefficient (Wildman–Crippen LogP) is 3.65. The van der Waals surface area contributed by atoms with Crippen molar-refractivity contribution in [3.63, 3.8) is 0 Å². The number of ketones is 1. The average Bonchev–Trinajstić information content (AvgIpc) is 2.63. The number of esters is 1. The summed E-state index contributed by atoms with van der Waals surface area (Å²) in [5.74, 6) is -0.885. The molecule has 0 saturated heterocycles. The van der Waals surface area contributed by atoms with E-state index in [0.29, 0.717) is 11.1 Å². The van der Waals surface area contributed by atoms with Crippen molar-refractivity contribution in [2.24, 2.45) is 0 Å². The van der Waals surface area contributed by atoms with E-state index in [1.54, 1.807) is 43.3 Å². The highest BCUT2D eigenvalue weighted by Crippen LogP contribution is 2.26. The lowest BCUT2D eigenvalue weighted by atomic mass is 9.99. The highest BCUT2D eigenvalue weighted by molar-refractivity contribution is 6.12. The Balaban J connectivity index is 2.51. The fraction of sp³-hybridized carbons (Fsp3) is 0.300. The first-order valence-corrected chi connectivity index (χ1v) is 8.42. The van der Waals surface area contributed by atoms with Crippen LogP contribution in [0.2, 0.25) is 0 Å². The van der Waals surface area contributed by atoms with E-state index >= 15 is 0 Å². The van der Waals surface area contributed by atoms with E-state index in [1.165, 1.54) is 6.07 Å². The van der Waals surface area contributed by atoms with Gasteiger partial charge in [-0.15, -0.1) is 0 Å². The Morgan fingerprint density at radius 2 is 1.68 bits per heavy atom. The summed E-state index contributed by atoms with van der Waals surface area (Å²) in [6, 6.07) is 11.3. The average molecular weight is 341 g/mol. The third-order valence-electron chi connectivity index (χ3n) is 4.01. The smallest absolute Gasteiger partial charge is 0.340 e. The second-order valence-corrected chi connectivity index (χ2v) is 5.47. The van der Waals surface area contributed by atoms with Gasteiger partial charge in [0.05, 0.1) is 23.4 Å². The predicted molar refractivity (Wildman–Crippen MR) is 97.5 cm³/mol. The molecule has 2 aromatic rings. The number of nitrogens with zero attached hydrogens (tertiary/aromatic N) is 1. The first kappa shape index (κ1) is 18.5. The van der Waals surface area contributed by atoms with E-state index in [4.69, 9.17) is 4.74 Å². The summed E-state index contributed by atoms with van der Waals surface area (Å²) >= 11 is 0. The van der Waals surface area contributed by atoms with Gasteiger partial charge in [-0.25, -0.2) is 4.79 Å². The lowest BCUT2D eigenvalue weighted by molar-refractivity contribution is 0.0527. The molecule has 25 heavy (non-hydrogen) atoms. The Kier molecular flexibility index (Phi) is 6.17. The third-order valence-corrected chi connectivity index (χ3v) is 4.01. The fourth-order valence-corrected chi connectivity index (χ4v) is 2.71. The molecule has 0 fully saturated rings. The lowest BCUT2D eigenvalue weighted by Gasteiger charge is -2.24. The number of carbonyl (C=O) groups is 2. The number of anilines is 1. The summed E-state index contributed by atoms with van der Waals surface area (Å²) in [5, 5.41) is 9.90. The van der Waals surface area contributed by atoms with Crippen LogP contribution >= 0.6 is 0 Å². The minimum Gasteiger partial charge on any atom is -0.507 e. The molecule has 0 saturated carbocycles. The molecule has 0 aliphatic carbocycles. The summed E-state index contributed by atoms with van der Waals surface area (Å²) in [7, 11) is 0. The van der Waals surface area contributed by atoms with Crippen molar-refractivity contribution in [3.05, 3.63) is 59.2 Å². The van der Waals surface area contributed by atoms with Gasteiger partial charge in [0, 0.05) is 18.7 Å². The van der Waals surface area contributed by atoms with Crippen LogP contribution in [0.15, 0.2) is 42.5 Å². The molecule has 0 atom stereocenters. The molecule has 5 nitrogen and oxygen atoms in total. The quantitative estimate of drug-likeness (QED) is 0.615. The minimum atomic E-state index is -0.462. The van der Waals surface area contributed by atoms with Gasteiger partial charge in [0.2, 0.25) is 0 Å². The largest absolute Gasteiger partial charge is 0.507 e.